The van der Waals surface area contributed by atoms with Gasteiger partial charge in [-0.1, -0.05) is 52.4 Å². The fourth-order valence-electron chi connectivity index (χ4n) is 2.06. The van der Waals surface area contributed by atoms with Gasteiger partial charge >= 0.3 is 5.97 Å². The number of unbranched alkanes of at least 4 members (excludes halogenated alkanes) is 5. The fourth-order valence-corrected chi connectivity index (χ4v) is 2.06. The highest BCUT2D eigenvalue weighted by molar-refractivity contribution is 5.76. The normalized spacial score (nSPS) is 13.5. The topological polar surface area (TPSA) is 26.3 Å². The molecule has 0 rings (SSSR count). The maximum atomic E-state index is 11.6. The van der Waals surface area contributed by atoms with Gasteiger partial charge in [0.25, 0.3) is 0 Å². The van der Waals surface area contributed by atoms with Crippen LogP contribution in [0.15, 0.2) is 0 Å². The third kappa shape index (κ3) is 6.09. The number of carbonyl (C=O) groups excluding carboxylic acids is 1. The molecule has 17 heavy (non-hydrogen) atoms. The molecule has 0 bridgehead atoms. The average Bonchev–Trinajstić information content (AvgIpc) is 2.31. The lowest BCUT2D eigenvalue weighted by Crippen LogP contribution is -2.32. The van der Waals surface area contributed by atoms with Crippen LogP contribution in [0.2, 0.25) is 0 Å². The van der Waals surface area contributed by atoms with E-state index in [-0.39, 0.29) is 11.4 Å². The molecule has 0 aromatic carbocycles. The minimum atomic E-state index is -0.349. The van der Waals surface area contributed by atoms with E-state index in [0.29, 0.717) is 5.92 Å². The second-order valence-electron chi connectivity index (χ2n) is 5.67. The van der Waals surface area contributed by atoms with Gasteiger partial charge in [-0.05, 0) is 26.2 Å². The molecule has 0 aliphatic heterocycles. The lowest BCUT2D eigenvalue weighted by Gasteiger charge is -2.28. The zero-order chi connectivity index (χ0) is 13.3. The van der Waals surface area contributed by atoms with Crippen LogP contribution >= 0.6 is 0 Å². The molecule has 102 valence electrons. The SMILES string of the molecule is CCCCCCCCC(C)C(C)(C)C(=O)OC. The number of ether oxygens (including phenoxy) is 1. The maximum absolute atomic E-state index is 11.6. The molecule has 0 N–H and O–H groups in total. The summed E-state index contributed by atoms with van der Waals surface area (Å²) in [5, 5.41) is 0. The molecule has 0 aliphatic rings. The quantitative estimate of drug-likeness (QED) is 0.437. The maximum Gasteiger partial charge on any atom is 0.311 e. The molecule has 1 unspecified atom stereocenters. The molecular formula is C15H30O2. The van der Waals surface area contributed by atoms with Crippen LogP contribution in [0, 0.1) is 11.3 Å². The standard InChI is InChI=1S/C15H30O2/c1-6-7-8-9-10-11-12-13(2)15(3,4)14(16)17-5/h13H,6-12H2,1-5H3. The Hall–Kier alpha value is -0.530. The Morgan fingerprint density at radius 2 is 1.65 bits per heavy atom. The number of hydrogen-bond donors (Lipinski definition) is 0. The van der Waals surface area contributed by atoms with Gasteiger partial charge in [-0.2, -0.15) is 0 Å². The number of esters is 1. The van der Waals surface area contributed by atoms with Crippen LogP contribution in [0.1, 0.15) is 72.6 Å². The molecule has 0 fully saturated rings. The highest BCUT2D eigenvalue weighted by Gasteiger charge is 2.34. The van der Waals surface area contributed by atoms with Crippen molar-refractivity contribution in [1.29, 1.82) is 0 Å². The molecule has 2 heteroatoms. The summed E-state index contributed by atoms with van der Waals surface area (Å²) in [6.07, 6.45) is 8.97. The zero-order valence-electron chi connectivity index (χ0n) is 12.3. The molecule has 0 aliphatic carbocycles. The number of hydrogen-bond acceptors (Lipinski definition) is 2. The van der Waals surface area contributed by atoms with Crippen LogP contribution in [0.4, 0.5) is 0 Å². The predicted molar refractivity (Wildman–Crippen MR) is 73.0 cm³/mol. The third-order valence-corrected chi connectivity index (χ3v) is 3.93. The highest BCUT2D eigenvalue weighted by atomic mass is 16.5. The van der Waals surface area contributed by atoms with E-state index in [1.165, 1.54) is 45.6 Å². The minimum Gasteiger partial charge on any atom is -0.469 e. The minimum absolute atomic E-state index is 0.0871. The Labute approximate surface area is 107 Å². The molecule has 0 saturated heterocycles. The van der Waals surface area contributed by atoms with Crippen LogP contribution in [0.3, 0.4) is 0 Å². The van der Waals surface area contributed by atoms with Crippen molar-refractivity contribution in [2.45, 2.75) is 72.6 Å². The molecule has 0 spiro atoms. The predicted octanol–water partition coefficient (Wildman–Crippen LogP) is 4.57. The molecular weight excluding hydrogens is 212 g/mol. The first-order chi connectivity index (χ1) is 7.96. The van der Waals surface area contributed by atoms with Gasteiger partial charge in [-0.25, -0.2) is 0 Å². The van der Waals surface area contributed by atoms with Gasteiger partial charge in [-0.15, -0.1) is 0 Å². The van der Waals surface area contributed by atoms with E-state index in [1.807, 2.05) is 13.8 Å². The van der Waals surface area contributed by atoms with Crippen LogP contribution in [-0.4, -0.2) is 13.1 Å². The second kappa shape index (κ2) is 8.54. The van der Waals surface area contributed by atoms with Gasteiger partial charge in [-0.3, -0.25) is 4.79 Å². The Morgan fingerprint density at radius 1 is 1.12 bits per heavy atom. The summed E-state index contributed by atoms with van der Waals surface area (Å²) in [5.41, 5.74) is -0.349. The Bertz CT molecular complexity index is 209. The molecule has 0 aromatic rings. The van der Waals surface area contributed by atoms with Crippen molar-refractivity contribution in [3.05, 3.63) is 0 Å². The van der Waals surface area contributed by atoms with Crippen molar-refractivity contribution >= 4 is 5.97 Å². The van der Waals surface area contributed by atoms with E-state index in [9.17, 15) is 4.79 Å². The lowest BCUT2D eigenvalue weighted by atomic mass is 9.77. The van der Waals surface area contributed by atoms with Crippen molar-refractivity contribution < 1.29 is 9.53 Å². The summed E-state index contributed by atoms with van der Waals surface area (Å²) < 4.78 is 4.86. The van der Waals surface area contributed by atoms with E-state index < -0.39 is 0 Å². The second-order valence-corrected chi connectivity index (χ2v) is 5.67. The molecule has 0 amide bonds. The van der Waals surface area contributed by atoms with E-state index >= 15 is 0 Å². The third-order valence-electron chi connectivity index (χ3n) is 3.93. The monoisotopic (exact) mass is 242 g/mol. The summed E-state index contributed by atoms with van der Waals surface area (Å²) in [4.78, 5) is 11.6. The van der Waals surface area contributed by atoms with Crippen molar-refractivity contribution in [1.82, 2.24) is 0 Å². The summed E-state index contributed by atoms with van der Waals surface area (Å²) in [6, 6.07) is 0. The van der Waals surface area contributed by atoms with Gasteiger partial charge in [0.05, 0.1) is 12.5 Å². The number of methoxy groups -OCH3 is 1. The van der Waals surface area contributed by atoms with E-state index in [1.54, 1.807) is 0 Å². The van der Waals surface area contributed by atoms with Gasteiger partial charge in [0.1, 0.15) is 0 Å². The zero-order valence-corrected chi connectivity index (χ0v) is 12.3. The van der Waals surface area contributed by atoms with Gasteiger partial charge in [0.15, 0.2) is 0 Å². The van der Waals surface area contributed by atoms with Crippen molar-refractivity contribution in [2.24, 2.45) is 11.3 Å². The van der Waals surface area contributed by atoms with Crippen molar-refractivity contribution in [3.8, 4) is 0 Å². The van der Waals surface area contributed by atoms with Crippen LogP contribution in [0.25, 0.3) is 0 Å². The smallest absolute Gasteiger partial charge is 0.311 e. The fraction of sp³-hybridized carbons (Fsp3) is 0.933. The Morgan fingerprint density at radius 3 is 2.18 bits per heavy atom. The number of rotatable bonds is 9. The largest absolute Gasteiger partial charge is 0.469 e. The van der Waals surface area contributed by atoms with E-state index in [0.717, 1.165) is 6.42 Å². The molecule has 0 saturated carbocycles. The molecule has 2 nitrogen and oxygen atoms in total. The Balaban J connectivity index is 3.78. The van der Waals surface area contributed by atoms with E-state index in [2.05, 4.69) is 13.8 Å². The van der Waals surface area contributed by atoms with Gasteiger partial charge < -0.3 is 4.74 Å². The molecule has 0 heterocycles. The first-order valence-corrected chi connectivity index (χ1v) is 7.05. The van der Waals surface area contributed by atoms with Gasteiger partial charge in [0, 0.05) is 0 Å². The van der Waals surface area contributed by atoms with Crippen LogP contribution < -0.4 is 0 Å². The highest BCUT2D eigenvalue weighted by Crippen LogP contribution is 2.31. The summed E-state index contributed by atoms with van der Waals surface area (Å²) in [7, 11) is 1.47. The lowest BCUT2D eigenvalue weighted by molar-refractivity contribution is -0.153. The molecule has 0 radical (unpaired) electrons. The Kier molecular flexibility index (Phi) is 8.28. The first-order valence-electron chi connectivity index (χ1n) is 7.05. The van der Waals surface area contributed by atoms with Crippen molar-refractivity contribution in [3.63, 3.8) is 0 Å². The van der Waals surface area contributed by atoms with Crippen LogP contribution in [0.5, 0.6) is 0 Å². The van der Waals surface area contributed by atoms with Gasteiger partial charge in [0.2, 0.25) is 0 Å². The summed E-state index contributed by atoms with van der Waals surface area (Å²) in [5.74, 6) is 0.303. The van der Waals surface area contributed by atoms with Crippen LogP contribution in [-0.2, 0) is 9.53 Å². The molecule has 1 atom stereocenters. The summed E-state index contributed by atoms with van der Waals surface area (Å²) >= 11 is 0. The molecule has 0 aromatic heterocycles. The van der Waals surface area contributed by atoms with E-state index in [4.69, 9.17) is 4.74 Å². The first kappa shape index (κ1) is 16.5. The van der Waals surface area contributed by atoms with Crippen molar-refractivity contribution in [2.75, 3.05) is 7.11 Å². The number of carbonyl (C=O) groups is 1. The summed E-state index contributed by atoms with van der Waals surface area (Å²) in [6.45, 7) is 8.37. The average molecular weight is 242 g/mol.